The van der Waals surface area contributed by atoms with Crippen molar-refractivity contribution in [3.63, 3.8) is 0 Å². The maximum absolute atomic E-state index is 12.1. The highest BCUT2D eigenvalue weighted by Gasteiger charge is 2.62. The molecule has 12 atom stereocenters. The van der Waals surface area contributed by atoms with Crippen molar-refractivity contribution < 1.29 is 69.8 Å². The predicted octanol–water partition coefficient (Wildman–Crippen LogP) is -6.01. The lowest BCUT2D eigenvalue weighted by Gasteiger charge is -2.49. The SMILES string of the molecule is CC(=O)N[C@H]1C([C@H](O)[C@H](O)CO)O[C@@](OCC2O[C@@H](C)C(O)[C@@H](O)[C@H]2O)(C(=O)O)C(O)[C@H]1O. The molecule has 0 aromatic carbocycles. The van der Waals surface area contributed by atoms with Crippen LogP contribution in [0.5, 0.6) is 0 Å². The lowest BCUT2D eigenvalue weighted by atomic mass is 9.86. The van der Waals surface area contributed by atoms with Gasteiger partial charge >= 0.3 is 5.97 Å². The molecule has 4 unspecified atom stereocenters. The van der Waals surface area contributed by atoms with Crippen molar-refractivity contribution in [3.05, 3.63) is 0 Å². The molecule has 1 amide bonds. The number of carbonyl (C=O) groups is 2. The van der Waals surface area contributed by atoms with Gasteiger partial charge in [0, 0.05) is 6.92 Å². The Bertz CT molecular complexity index is 695. The van der Waals surface area contributed by atoms with E-state index >= 15 is 0 Å². The van der Waals surface area contributed by atoms with Gasteiger partial charge in [-0.15, -0.1) is 0 Å². The molecular weight excluding hydrogens is 454 g/mol. The monoisotopic (exact) mass is 485 g/mol. The van der Waals surface area contributed by atoms with Crippen LogP contribution in [0.15, 0.2) is 0 Å². The number of aliphatic hydroxyl groups is 8. The van der Waals surface area contributed by atoms with Crippen LogP contribution in [0, 0.1) is 0 Å². The summed E-state index contributed by atoms with van der Waals surface area (Å²) < 4.78 is 15.8. The first kappa shape index (κ1) is 27.7. The minimum absolute atomic E-state index is 0.755. The Labute approximate surface area is 187 Å². The maximum atomic E-state index is 12.1. The molecule has 2 aliphatic heterocycles. The summed E-state index contributed by atoms with van der Waals surface area (Å²) in [7, 11) is 0. The predicted molar refractivity (Wildman–Crippen MR) is 102 cm³/mol. The Morgan fingerprint density at radius 3 is 2.18 bits per heavy atom. The molecule has 2 heterocycles. The normalized spacial score (nSPS) is 43.5. The van der Waals surface area contributed by atoms with E-state index in [-0.39, 0.29) is 0 Å². The zero-order chi connectivity index (χ0) is 25.2. The lowest BCUT2D eigenvalue weighted by molar-refractivity contribution is -0.355. The van der Waals surface area contributed by atoms with Gasteiger partial charge in [0.2, 0.25) is 5.91 Å². The minimum atomic E-state index is -3.09. The molecule has 15 heteroatoms. The fourth-order valence-electron chi connectivity index (χ4n) is 3.81. The molecule has 0 aromatic heterocycles. The van der Waals surface area contributed by atoms with Crippen molar-refractivity contribution in [2.45, 2.75) is 86.7 Å². The van der Waals surface area contributed by atoms with Crippen molar-refractivity contribution in [1.29, 1.82) is 0 Å². The Kier molecular flexibility index (Phi) is 9.11. The van der Waals surface area contributed by atoms with E-state index in [0.29, 0.717) is 0 Å². The molecule has 0 saturated carbocycles. The third-order valence-electron chi connectivity index (χ3n) is 5.74. The van der Waals surface area contributed by atoms with E-state index in [2.05, 4.69) is 5.32 Å². The topological polar surface area (TPSA) is 256 Å². The van der Waals surface area contributed by atoms with Crippen molar-refractivity contribution >= 4 is 11.9 Å². The first-order valence-corrected chi connectivity index (χ1v) is 10.1. The van der Waals surface area contributed by atoms with E-state index in [1.807, 2.05) is 0 Å². The van der Waals surface area contributed by atoms with Crippen LogP contribution in [0.4, 0.5) is 0 Å². The summed E-state index contributed by atoms with van der Waals surface area (Å²) in [5, 5.41) is 92.2. The van der Waals surface area contributed by atoms with Gasteiger partial charge in [-0.2, -0.15) is 0 Å². The van der Waals surface area contributed by atoms with E-state index in [1.54, 1.807) is 0 Å². The number of amides is 1. The number of carbonyl (C=O) groups excluding carboxylic acids is 1. The quantitative estimate of drug-likeness (QED) is 0.154. The van der Waals surface area contributed by atoms with E-state index in [1.165, 1.54) is 6.92 Å². The fourth-order valence-corrected chi connectivity index (χ4v) is 3.81. The van der Waals surface area contributed by atoms with Crippen LogP contribution >= 0.6 is 0 Å². The van der Waals surface area contributed by atoms with E-state index in [0.717, 1.165) is 6.92 Å². The maximum Gasteiger partial charge on any atom is 0.367 e. The molecule has 15 nitrogen and oxygen atoms in total. The van der Waals surface area contributed by atoms with Gasteiger partial charge in [0.25, 0.3) is 5.79 Å². The van der Waals surface area contributed by atoms with Crippen LogP contribution in [-0.2, 0) is 23.8 Å². The molecule has 192 valence electrons. The second-order valence-electron chi connectivity index (χ2n) is 8.12. The average Bonchev–Trinajstić information content (AvgIpc) is 2.76. The standard InChI is InChI=1S/C18H31NO14/c1-5-10(23)14(27)12(25)8(32-5)4-31-18(17(29)30)16(28)13(26)9(19-6(2)21)15(33-18)11(24)7(22)3-20/h5,7-16,20,22-28H,3-4H2,1-2H3,(H,19,21)(H,29,30)/t5-,7+,8?,9+,10?,11+,12-,13-,14+,15?,16?,18+/m0/s1. The summed E-state index contributed by atoms with van der Waals surface area (Å²) in [4.78, 5) is 23.6. The summed E-state index contributed by atoms with van der Waals surface area (Å²) >= 11 is 0. The number of hydrogen-bond donors (Lipinski definition) is 10. The Morgan fingerprint density at radius 2 is 1.67 bits per heavy atom. The molecule has 10 N–H and O–H groups in total. The van der Waals surface area contributed by atoms with Gasteiger partial charge in [0.15, 0.2) is 0 Å². The van der Waals surface area contributed by atoms with Gasteiger partial charge in [-0.05, 0) is 6.92 Å². The van der Waals surface area contributed by atoms with Crippen LogP contribution in [0.2, 0.25) is 0 Å². The smallest absolute Gasteiger partial charge is 0.367 e. The molecule has 0 bridgehead atoms. The zero-order valence-corrected chi connectivity index (χ0v) is 17.8. The molecule has 2 fully saturated rings. The fraction of sp³-hybridized carbons (Fsp3) is 0.889. The third-order valence-corrected chi connectivity index (χ3v) is 5.74. The molecule has 2 saturated heterocycles. The number of aliphatic carboxylic acids is 1. The van der Waals surface area contributed by atoms with Crippen molar-refractivity contribution in [2.24, 2.45) is 0 Å². The number of carboxylic acids is 1. The Morgan fingerprint density at radius 1 is 1.06 bits per heavy atom. The zero-order valence-electron chi connectivity index (χ0n) is 17.8. The first-order valence-electron chi connectivity index (χ1n) is 10.1. The molecular formula is C18H31NO14. The Hall–Kier alpha value is -1.50. The van der Waals surface area contributed by atoms with Crippen LogP contribution in [-0.4, -0.2) is 144 Å². The van der Waals surface area contributed by atoms with Gasteiger partial charge in [-0.3, -0.25) is 4.79 Å². The Balaban J connectivity index is 2.35. The van der Waals surface area contributed by atoms with Crippen LogP contribution in [0.1, 0.15) is 13.8 Å². The molecule has 0 aromatic rings. The number of nitrogens with one attached hydrogen (secondary N) is 1. The van der Waals surface area contributed by atoms with E-state index < -0.39 is 98.0 Å². The van der Waals surface area contributed by atoms with Gasteiger partial charge in [0.05, 0.1) is 25.4 Å². The number of carboxylic acid groups (broad SMARTS) is 1. The van der Waals surface area contributed by atoms with Gasteiger partial charge < -0.3 is 65.5 Å². The summed E-state index contributed by atoms with van der Waals surface area (Å²) in [6.45, 7) is 0.578. The molecule has 33 heavy (non-hydrogen) atoms. The second kappa shape index (κ2) is 10.8. The summed E-state index contributed by atoms with van der Waals surface area (Å²) in [6, 6.07) is -1.63. The molecule has 0 radical (unpaired) electrons. The molecule has 2 aliphatic rings. The average molecular weight is 485 g/mol. The van der Waals surface area contributed by atoms with Gasteiger partial charge in [0.1, 0.15) is 54.9 Å². The van der Waals surface area contributed by atoms with Crippen LogP contribution in [0.3, 0.4) is 0 Å². The summed E-state index contributed by atoms with van der Waals surface area (Å²) in [6.07, 6.45) is -17.5. The molecule has 2 rings (SSSR count). The number of aliphatic hydroxyl groups excluding tert-OH is 8. The lowest BCUT2D eigenvalue weighted by Crippen LogP contribution is -2.74. The third kappa shape index (κ3) is 5.44. The number of ether oxygens (including phenoxy) is 3. The largest absolute Gasteiger partial charge is 0.477 e. The van der Waals surface area contributed by atoms with E-state index in [9.17, 15) is 50.4 Å². The van der Waals surface area contributed by atoms with Gasteiger partial charge in [-0.25, -0.2) is 4.79 Å². The highest BCUT2D eigenvalue weighted by molar-refractivity contribution is 5.77. The van der Waals surface area contributed by atoms with Crippen LogP contribution < -0.4 is 5.32 Å². The van der Waals surface area contributed by atoms with Crippen molar-refractivity contribution in [2.75, 3.05) is 13.2 Å². The number of hydrogen-bond acceptors (Lipinski definition) is 13. The highest BCUT2D eigenvalue weighted by atomic mass is 16.7. The minimum Gasteiger partial charge on any atom is -0.477 e. The molecule has 0 spiro atoms. The number of rotatable bonds is 8. The van der Waals surface area contributed by atoms with Crippen molar-refractivity contribution in [3.8, 4) is 0 Å². The summed E-state index contributed by atoms with van der Waals surface area (Å²) in [5.74, 6) is -5.83. The first-order chi connectivity index (χ1) is 15.3. The van der Waals surface area contributed by atoms with E-state index in [4.69, 9.17) is 19.3 Å². The second-order valence-corrected chi connectivity index (χ2v) is 8.12. The highest BCUT2D eigenvalue weighted by Crippen LogP contribution is 2.35. The van der Waals surface area contributed by atoms with Gasteiger partial charge in [-0.1, -0.05) is 0 Å². The van der Waals surface area contributed by atoms with Crippen LogP contribution in [0.25, 0.3) is 0 Å². The summed E-state index contributed by atoms with van der Waals surface area (Å²) in [5.41, 5.74) is 0. The molecule has 0 aliphatic carbocycles. The van der Waals surface area contributed by atoms with Crippen molar-refractivity contribution in [1.82, 2.24) is 5.32 Å².